The Morgan fingerprint density at radius 2 is 1.44 bits per heavy atom. The van der Waals surface area contributed by atoms with E-state index in [4.69, 9.17) is 0 Å². The van der Waals surface area contributed by atoms with E-state index in [-0.39, 0.29) is 16.3 Å². The first-order chi connectivity index (χ1) is 12.5. The minimum Gasteiger partial charge on any atom is -0.323 e. The van der Waals surface area contributed by atoms with Gasteiger partial charge < -0.3 is 4.57 Å². The van der Waals surface area contributed by atoms with Crippen molar-refractivity contribution in [1.82, 2.24) is 9.55 Å². The van der Waals surface area contributed by atoms with E-state index >= 15 is 0 Å². The third kappa shape index (κ3) is 3.73. The van der Waals surface area contributed by atoms with Gasteiger partial charge in [0.25, 0.3) is 0 Å². The van der Waals surface area contributed by atoms with Crippen molar-refractivity contribution in [2.24, 2.45) is 7.05 Å². The minimum atomic E-state index is -4.69. The molecule has 1 heterocycles. The number of hydrogen-bond acceptors (Lipinski definition) is 3. The second kappa shape index (κ2) is 6.49. The Hall–Kier alpha value is -2.68. The molecule has 0 aliphatic carbocycles. The highest BCUT2D eigenvalue weighted by Gasteiger charge is 2.38. The SMILES string of the molecule is Cn1c(C(F)(F)F)nc(-c2ccc(F)cc2)c1-c1ccc(S(C)(=O)=O)cc1. The highest BCUT2D eigenvalue weighted by Crippen LogP contribution is 2.38. The molecule has 0 spiro atoms. The molecule has 0 N–H and O–H groups in total. The first kappa shape index (κ1) is 19.1. The molecule has 0 aliphatic rings. The van der Waals surface area contributed by atoms with Crippen LogP contribution < -0.4 is 0 Å². The molecule has 0 radical (unpaired) electrons. The number of aromatic nitrogens is 2. The van der Waals surface area contributed by atoms with Crippen LogP contribution in [0.1, 0.15) is 5.82 Å². The van der Waals surface area contributed by atoms with Crippen LogP contribution in [0, 0.1) is 5.82 Å². The molecule has 4 nitrogen and oxygen atoms in total. The lowest BCUT2D eigenvalue weighted by Gasteiger charge is -2.10. The second-order valence-corrected chi connectivity index (χ2v) is 8.01. The van der Waals surface area contributed by atoms with Gasteiger partial charge in [0.2, 0.25) is 5.82 Å². The molecule has 3 aromatic rings. The van der Waals surface area contributed by atoms with Crippen LogP contribution in [-0.2, 0) is 23.1 Å². The van der Waals surface area contributed by atoms with Gasteiger partial charge in [-0.05, 0) is 36.4 Å². The summed E-state index contributed by atoms with van der Waals surface area (Å²) >= 11 is 0. The van der Waals surface area contributed by atoms with Crippen molar-refractivity contribution in [3.8, 4) is 22.5 Å². The third-order valence-electron chi connectivity index (χ3n) is 4.02. The smallest absolute Gasteiger partial charge is 0.323 e. The Labute approximate surface area is 153 Å². The summed E-state index contributed by atoms with van der Waals surface area (Å²) in [7, 11) is -2.22. The molecule has 0 saturated carbocycles. The molecule has 0 bridgehead atoms. The van der Waals surface area contributed by atoms with Crippen LogP contribution in [-0.4, -0.2) is 24.2 Å². The largest absolute Gasteiger partial charge is 0.449 e. The molecule has 3 rings (SSSR count). The lowest BCUT2D eigenvalue weighted by Crippen LogP contribution is -2.13. The summed E-state index contributed by atoms with van der Waals surface area (Å²) in [6.45, 7) is 0. The molecule has 0 amide bonds. The van der Waals surface area contributed by atoms with E-state index in [1.807, 2.05) is 0 Å². The van der Waals surface area contributed by atoms with Crippen LogP contribution in [0.3, 0.4) is 0 Å². The van der Waals surface area contributed by atoms with E-state index in [2.05, 4.69) is 4.98 Å². The molecule has 142 valence electrons. The molecule has 0 fully saturated rings. The highest BCUT2D eigenvalue weighted by atomic mass is 32.2. The zero-order valence-corrected chi connectivity index (χ0v) is 15.1. The van der Waals surface area contributed by atoms with Gasteiger partial charge in [0.15, 0.2) is 9.84 Å². The summed E-state index contributed by atoms with van der Waals surface area (Å²) in [6.07, 6.45) is -3.65. The number of nitrogens with zero attached hydrogens (tertiary/aromatic N) is 2. The maximum Gasteiger partial charge on any atom is 0.449 e. The predicted octanol–water partition coefficient (Wildman–Crippen LogP) is 4.32. The van der Waals surface area contributed by atoms with Crippen molar-refractivity contribution in [2.75, 3.05) is 6.26 Å². The maximum atomic E-state index is 13.3. The molecule has 0 atom stereocenters. The van der Waals surface area contributed by atoms with Crippen molar-refractivity contribution in [2.45, 2.75) is 11.1 Å². The van der Waals surface area contributed by atoms with E-state index in [1.54, 1.807) is 0 Å². The Bertz CT molecular complexity index is 1080. The fourth-order valence-electron chi connectivity index (χ4n) is 2.75. The van der Waals surface area contributed by atoms with Gasteiger partial charge in [0.1, 0.15) is 5.82 Å². The second-order valence-electron chi connectivity index (χ2n) is 5.99. The van der Waals surface area contributed by atoms with Gasteiger partial charge >= 0.3 is 6.18 Å². The number of rotatable bonds is 3. The number of halogens is 4. The number of sulfone groups is 1. The van der Waals surface area contributed by atoms with Crippen LogP contribution in [0.25, 0.3) is 22.5 Å². The lowest BCUT2D eigenvalue weighted by atomic mass is 10.0. The van der Waals surface area contributed by atoms with E-state index in [9.17, 15) is 26.0 Å². The number of imidazole rings is 1. The Morgan fingerprint density at radius 3 is 1.93 bits per heavy atom. The molecule has 1 aromatic heterocycles. The fraction of sp³-hybridized carbons (Fsp3) is 0.167. The van der Waals surface area contributed by atoms with Gasteiger partial charge in [-0.15, -0.1) is 0 Å². The van der Waals surface area contributed by atoms with Crippen LogP contribution in [0.5, 0.6) is 0 Å². The molecule has 27 heavy (non-hydrogen) atoms. The Kier molecular flexibility index (Phi) is 4.59. The average molecular weight is 398 g/mol. The van der Waals surface area contributed by atoms with Crippen molar-refractivity contribution in [3.05, 3.63) is 60.2 Å². The summed E-state index contributed by atoms with van der Waals surface area (Å²) in [4.78, 5) is 3.77. The van der Waals surface area contributed by atoms with Crippen LogP contribution in [0.2, 0.25) is 0 Å². The predicted molar refractivity (Wildman–Crippen MR) is 92.1 cm³/mol. The summed E-state index contributed by atoms with van der Waals surface area (Å²) in [6, 6.07) is 10.4. The number of benzene rings is 2. The van der Waals surface area contributed by atoms with Gasteiger partial charge in [-0.2, -0.15) is 13.2 Å². The fourth-order valence-corrected chi connectivity index (χ4v) is 3.38. The zero-order chi connectivity index (χ0) is 20.0. The third-order valence-corrected chi connectivity index (χ3v) is 5.15. The van der Waals surface area contributed by atoms with E-state index in [0.717, 1.165) is 23.0 Å². The summed E-state index contributed by atoms with van der Waals surface area (Å²) in [5, 5.41) is 0. The van der Waals surface area contributed by atoms with Crippen LogP contribution in [0.15, 0.2) is 53.4 Å². The van der Waals surface area contributed by atoms with E-state index < -0.39 is 27.7 Å². The quantitative estimate of drug-likeness (QED) is 0.618. The normalized spacial score (nSPS) is 12.4. The van der Waals surface area contributed by atoms with Gasteiger partial charge in [-0.1, -0.05) is 12.1 Å². The Balaban J connectivity index is 2.24. The van der Waals surface area contributed by atoms with Crippen molar-refractivity contribution < 1.29 is 26.0 Å². The maximum absolute atomic E-state index is 13.3. The Morgan fingerprint density at radius 1 is 0.926 bits per heavy atom. The monoisotopic (exact) mass is 398 g/mol. The van der Waals surface area contributed by atoms with Crippen molar-refractivity contribution >= 4 is 9.84 Å². The van der Waals surface area contributed by atoms with Gasteiger partial charge in [-0.3, -0.25) is 0 Å². The first-order valence-corrected chi connectivity index (χ1v) is 9.58. The molecule has 0 aliphatic heterocycles. The van der Waals surface area contributed by atoms with Crippen LogP contribution >= 0.6 is 0 Å². The molecule has 2 aromatic carbocycles. The topological polar surface area (TPSA) is 52.0 Å². The molecule has 0 unspecified atom stereocenters. The van der Waals surface area contributed by atoms with Crippen molar-refractivity contribution in [1.29, 1.82) is 0 Å². The van der Waals surface area contributed by atoms with Crippen molar-refractivity contribution in [3.63, 3.8) is 0 Å². The zero-order valence-electron chi connectivity index (χ0n) is 14.2. The average Bonchev–Trinajstić information content (AvgIpc) is 2.92. The summed E-state index contributed by atoms with van der Waals surface area (Å²) in [5.41, 5.74) is 0.836. The van der Waals surface area contributed by atoms with Gasteiger partial charge in [0.05, 0.1) is 16.3 Å². The van der Waals surface area contributed by atoms with Gasteiger partial charge in [0, 0.05) is 24.4 Å². The van der Waals surface area contributed by atoms with Crippen LogP contribution in [0.4, 0.5) is 17.6 Å². The minimum absolute atomic E-state index is 0.0249. The summed E-state index contributed by atoms with van der Waals surface area (Å²) in [5.74, 6) is -1.63. The van der Waals surface area contributed by atoms with E-state index in [1.165, 1.54) is 43.4 Å². The summed E-state index contributed by atoms with van der Waals surface area (Å²) < 4.78 is 77.3. The standard InChI is InChI=1S/C18H14F4N2O2S/c1-24-16(12-5-9-14(10-6-12)27(2,25)26)15(23-17(24)18(20,21)22)11-3-7-13(19)8-4-11/h3-10H,1-2H3. The first-order valence-electron chi connectivity index (χ1n) is 7.69. The number of alkyl halides is 3. The molecular weight excluding hydrogens is 384 g/mol. The lowest BCUT2D eigenvalue weighted by molar-refractivity contribution is -0.146. The molecule has 9 heteroatoms. The molecular formula is C18H14F4N2O2S. The molecule has 0 saturated heterocycles. The van der Waals surface area contributed by atoms with E-state index in [0.29, 0.717) is 11.1 Å². The highest BCUT2D eigenvalue weighted by molar-refractivity contribution is 7.90. The number of hydrogen-bond donors (Lipinski definition) is 0. The van der Waals surface area contributed by atoms with Gasteiger partial charge in [-0.25, -0.2) is 17.8 Å².